The van der Waals surface area contributed by atoms with E-state index >= 15 is 0 Å². The molecule has 0 bridgehead atoms. The van der Waals surface area contributed by atoms with Crippen LogP contribution in [0.1, 0.15) is 32.0 Å². The van der Waals surface area contributed by atoms with Gasteiger partial charge in [-0.2, -0.15) is 5.10 Å². The molecule has 2 aromatic rings. The zero-order valence-corrected chi connectivity index (χ0v) is 9.85. The summed E-state index contributed by atoms with van der Waals surface area (Å²) < 4.78 is 1.83. The number of nitrogens with two attached hydrogens (primary N) is 1. The first-order valence-corrected chi connectivity index (χ1v) is 5.95. The number of rotatable bonds is 3. The summed E-state index contributed by atoms with van der Waals surface area (Å²) in [5.74, 6) is 1.68. The highest BCUT2D eigenvalue weighted by Crippen LogP contribution is 2.37. The van der Waals surface area contributed by atoms with Gasteiger partial charge in [0.05, 0.1) is 11.7 Å². The molecule has 1 aliphatic carbocycles. The lowest BCUT2D eigenvalue weighted by Crippen LogP contribution is -2.44. The van der Waals surface area contributed by atoms with Crippen LogP contribution in [0.3, 0.4) is 0 Å². The fourth-order valence-corrected chi connectivity index (χ4v) is 2.19. The molecule has 0 aromatic carbocycles. The fourth-order valence-electron chi connectivity index (χ4n) is 2.19. The minimum absolute atomic E-state index is 0.255. The number of aromatic nitrogens is 5. The Bertz CT molecular complexity index is 522. The normalized spacial score (nSPS) is 18.0. The minimum atomic E-state index is -0.255. The van der Waals surface area contributed by atoms with Crippen LogP contribution in [-0.2, 0) is 12.1 Å². The maximum atomic E-state index is 6.22. The molecule has 0 aliphatic heterocycles. The highest BCUT2D eigenvalue weighted by Gasteiger charge is 2.37. The molecule has 0 atom stereocenters. The Morgan fingerprint density at radius 2 is 2.29 bits per heavy atom. The van der Waals surface area contributed by atoms with Crippen LogP contribution in [0.5, 0.6) is 0 Å². The van der Waals surface area contributed by atoms with E-state index in [1.807, 2.05) is 11.6 Å². The topological polar surface area (TPSA) is 85.4 Å². The predicted molar refractivity (Wildman–Crippen MR) is 63.0 cm³/mol. The van der Waals surface area contributed by atoms with Gasteiger partial charge in [-0.1, -0.05) is 0 Å². The van der Waals surface area contributed by atoms with Gasteiger partial charge in [0.15, 0.2) is 5.82 Å². The zero-order chi connectivity index (χ0) is 11.9. The van der Waals surface area contributed by atoms with Crippen molar-refractivity contribution in [1.29, 1.82) is 0 Å². The van der Waals surface area contributed by atoms with Crippen LogP contribution in [0.2, 0.25) is 0 Å². The van der Waals surface area contributed by atoms with E-state index in [-0.39, 0.29) is 5.54 Å². The summed E-state index contributed by atoms with van der Waals surface area (Å²) in [5, 5.41) is 4.14. The molecule has 0 saturated heterocycles. The maximum Gasteiger partial charge on any atom is 0.176 e. The molecule has 0 amide bonds. The molecule has 2 heterocycles. The van der Waals surface area contributed by atoms with Crippen LogP contribution in [0.4, 0.5) is 0 Å². The van der Waals surface area contributed by atoms with Crippen molar-refractivity contribution in [2.24, 2.45) is 5.73 Å². The summed E-state index contributed by atoms with van der Waals surface area (Å²) in [5.41, 5.74) is 6.86. The van der Waals surface area contributed by atoms with Crippen LogP contribution in [0.15, 0.2) is 12.5 Å². The van der Waals surface area contributed by atoms with Crippen LogP contribution in [0.25, 0.3) is 11.5 Å². The summed E-state index contributed by atoms with van der Waals surface area (Å²) >= 11 is 0. The monoisotopic (exact) mass is 232 g/mol. The van der Waals surface area contributed by atoms with E-state index in [4.69, 9.17) is 5.73 Å². The molecule has 3 rings (SSSR count). The van der Waals surface area contributed by atoms with Gasteiger partial charge in [0.25, 0.3) is 0 Å². The Kier molecular flexibility index (Phi) is 2.25. The third-order valence-electron chi connectivity index (χ3n) is 3.45. The summed E-state index contributed by atoms with van der Waals surface area (Å²) in [4.78, 5) is 11.9. The molecular weight excluding hydrogens is 216 g/mol. The average Bonchev–Trinajstić information content (AvgIpc) is 2.93. The standard InChI is InChI=1S/C11H16N6/c1-2-17-9(14-7-15-17)8-6-13-10(16-8)11(12)4-3-5-11/h6-7H,2-5,12H2,1H3,(H,13,16). The second-order valence-electron chi connectivity index (χ2n) is 4.55. The number of nitrogens with zero attached hydrogens (tertiary/aromatic N) is 4. The van der Waals surface area contributed by atoms with Crippen LogP contribution in [-0.4, -0.2) is 24.7 Å². The highest BCUT2D eigenvalue weighted by molar-refractivity contribution is 5.48. The van der Waals surface area contributed by atoms with Gasteiger partial charge < -0.3 is 10.7 Å². The maximum absolute atomic E-state index is 6.22. The Hall–Kier alpha value is -1.69. The number of H-pyrrole nitrogens is 1. The van der Waals surface area contributed by atoms with E-state index in [1.165, 1.54) is 6.42 Å². The van der Waals surface area contributed by atoms with Crippen molar-refractivity contribution < 1.29 is 0 Å². The largest absolute Gasteiger partial charge is 0.338 e. The van der Waals surface area contributed by atoms with Gasteiger partial charge in [-0.15, -0.1) is 0 Å². The Morgan fingerprint density at radius 1 is 1.47 bits per heavy atom. The first-order chi connectivity index (χ1) is 8.23. The molecule has 1 aliphatic rings. The van der Waals surface area contributed by atoms with Gasteiger partial charge in [0.1, 0.15) is 17.8 Å². The van der Waals surface area contributed by atoms with Crippen LogP contribution >= 0.6 is 0 Å². The van der Waals surface area contributed by atoms with Gasteiger partial charge in [-0.05, 0) is 26.2 Å². The average molecular weight is 232 g/mol. The molecule has 17 heavy (non-hydrogen) atoms. The minimum Gasteiger partial charge on any atom is -0.338 e. The Morgan fingerprint density at radius 3 is 2.94 bits per heavy atom. The molecule has 0 radical (unpaired) electrons. The number of nitrogens with one attached hydrogen (secondary N) is 1. The second kappa shape index (κ2) is 3.66. The van der Waals surface area contributed by atoms with E-state index in [9.17, 15) is 0 Å². The van der Waals surface area contributed by atoms with E-state index in [0.29, 0.717) is 0 Å². The summed E-state index contributed by atoms with van der Waals surface area (Å²) in [6, 6.07) is 0. The molecule has 1 fully saturated rings. The fraction of sp³-hybridized carbons (Fsp3) is 0.545. The lowest BCUT2D eigenvalue weighted by Gasteiger charge is -2.35. The first-order valence-electron chi connectivity index (χ1n) is 5.95. The van der Waals surface area contributed by atoms with E-state index in [1.54, 1.807) is 12.5 Å². The summed E-state index contributed by atoms with van der Waals surface area (Å²) in [6.45, 7) is 2.82. The van der Waals surface area contributed by atoms with Crippen molar-refractivity contribution in [1.82, 2.24) is 24.7 Å². The van der Waals surface area contributed by atoms with Crippen LogP contribution < -0.4 is 5.73 Å². The first kappa shape index (κ1) is 10.5. The molecule has 90 valence electrons. The molecule has 6 heteroatoms. The molecule has 1 saturated carbocycles. The number of aryl methyl sites for hydroxylation is 1. The highest BCUT2D eigenvalue weighted by atomic mass is 15.3. The number of imidazole rings is 1. The Labute approximate surface area is 99.3 Å². The molecular formula is C11H16N6. The second-order valence-corrected chi connectivity index (χ2v) is 4.55. The van der Waals surface area contributed by atoms with Crippen molar-refractivity contribution in [2.75, 3.05) is 0 Å². The van der Waals surface area contributed by atoms with Gasteiger partial charge in [0.2, 0.25) is 0 Å². The lowest BCUT2D eigenvalue weighted by molar-refractivity contribution is 0.240. The van der Waals surface area contributed by atoms with Crippen molar-refractivity contribution in [2.45, 2.75) is 38.3 Å². The molecule has 6 nitrogen and oxygen atoms in total. The molecule has 0 spiro atoms. The van der Waals surface area contributed by atoms with Gasteiger partial charge >= 0.3 is 0 Å². The quantitative estimate of drug-likeness (QED) is 0.827. The number of hydrogen-bond acceptors (Lipinski definition) is 4. The Balaban J connectivity index is 1.95. The molecule has 3 N–H and O–H groups in total. The number of hydrogen-bond donors (Lipinski definition) is 2. The van der Waals surface area contributed by atoms with Crippen molar-refractivity contribution in [3.63, 3.8) is 0 Å². The van der Waals surface area contributed by atoms with E-state index < -0.39 is 0 Å². The van der Waals surface area contributed by atoms with Gasteiger partial charge in [-0.3, -0.25) is 0 Å². The van der Waals surface area contributed by atoms with Gasteiger partial charge in [-0.25, -0.2) is 14.6 Å². The third-order valence-corrected chi connectivity index (χ3v) is 3.45. The summed E-state index contributed by atoms with van der Waals surface area (Å²) in [6.07, 6.45) is 6.53. The lowest BCUT2D eigenvalue weighted by atomic mass is 9.77. The SMILES string of the molecule is CCn1ncnc1-c1cnc(C2(N)CCC2)[nH]1. The smallest absolute Gasteiger partial charge is 0.176 e. The third kappa shape index (κ3) is 1.56. The van der Waals surface area contributed by atoms with Gasteiger partial charge in [0, 0.05) is 6.54 Å². The zero-order valence-electron chi connectivity index (χ0n) is 9.85. The van der Waals surface area contributed by atoms with Crippen molar-refractivity contribution in [3.8, 4) is 11.5 Å². The van der Waals surface area contributed by atoms with Crippen molar-refractivity contribution >= 4 is 0 Å². The predicted octanol–water partition coefficient (Wildman–Crippen LogP) is 1.03. The van der Waals surface area contributed by atoms with Crippen LogP contribution in [0, 0.1) is 0 Å². The molecule has 2 aromatic heterocycles. The summed E-state index contributed by atoms with van der Waals surface area (Å²) in [7, 11) is 0. The number of aromatic amines is 1. The molecule has 0 unspecified atom stereocenters. The van der Waals surface area contributed by atoms with E-state index in [2.05, 4.69) is 20.1 Å². The van der Waals surface area contributed by atoms with E-state index in [0.717, 1.165) is 36.7 Å². The van der Waals surface area contributed by atoms with Crippen molar-refractivity contribution in [3.05, 3.63) is 18.3 Å².